The largest absolute Gasteiger partial charge is 0.431 e. The van der Waals surface area contributed by atoms with Crippen molar-refractivity contribution >= 4 is 35.3 Å². The third-order valence-corrected chi connectivity index (χ3v) is 7.03. The van der Waals surface area contributed by atoms with E-state index in [1.165, 1.54) is 12.1 Å². The van der Waals surface area contributed by atoms with E-state index in [-0.39, 0.29) is 24.9 Å². The molecular formula is C26H22Cl2FN3O3. The summed E-state index contributed by atoms with van der Waals surface area (Å²) in [5, 5.41) is 4.01. The number of carbonyl (C=O) groups excluding carboxylic acids is 2. The minimum atomic E-state index is -1.15. The smallest absolute Gasteiger partial charge is 0.411 e. The number of nitrogens with one attached hydrogen (secondary N) is 1. The molecule has 35 heavy (non-hydrogen) atoms. The van der Waals surface area contributed by atoms with Gasteiger partial charge in [0.2, 0.25) is 0 Å². The number of piperazine rings is 1. The number of hydrogen-bond donors (Lipinski definition) is 1. The number of amides is 3. The van der Waals surface area contributed by atoms with E-state index in [2.05, 4.69) is 5.32 Å². The quantitative estimate of drug-likeness (QED) is 0.506. The number of hydrogen-bond acceptors (Lipinski definition) is 3. The standard InChI is InChI=1S/C26H22Cl2FN3O3/c27-20-7-3-18(4-8-20)26(19-5-9-21(28)10-6-19)23-16-31(13-14-32(23)25(34)35-26)24(33)30-15-17-1-11-22(29)12-2-17/h1-12,23H,13-16H2,(H,30,33). The molecule has 2 aliphatic rings. The molecule has 1 N–H and O–H groups in total. The first-order chi connectivity index (χ1) is 16.9. The molecule has 180 valence electrons. The molecule has 0 bridgehead atoms. The molecule has 2 heterocycles. The molecule has 2 saturated heterocycles. The number of ether oxygens (including phenoxy) is 1. The summed E-state index contributed by atoms with van der Waals surface area (Å²) in [6.45, 7) is 1.21. The van der Waals surface area contributed by atoms with Crippen LogP contribution < -0.4 is 5.32 Å². The van der Waals surface area contributed by atoms with Crippen LogP contribution in [0.4, 0.5) is 14.0 Å². The minimum Gasteiger partial charge on any atom is -0.431 e. The van der Waals surface area contributed by atoms with Crippen LogP contribution in [-0.4, -0.2) is 47.6 Å². The van der Waals surface area contributed by atoms with Crippen molar-refractivity contribution in [3.05, 3.63) is 105 Å². The lowest BCUT2D eigenvalue weighted by Crippen LogP contribution is -2.59. The Morgan fingerprint density at radius 3 is 2.09 bits per heavy atom. The van der Waals surface area contributed by atoms with Crippen molar-refractivity contribution in [1.82, 2.24) is 15.1 Å². The number of rotatable bonds is 4. The molecule has 0 spiro atoms. The third kappa shape index (κ3) is 4.42. The van der Waals surface area contributed by atoms with Gasteiger partial charge in [-0.1, -0.05) is 59.6 Å². The van der Waals surface area contributed by atoms with Gasteiger partial charge in [0, 0.05) is 47.4 Å². The highest BCUT2D eigenvalue weighted by Gasteiger charge is 2.58. The highest BCUT2D eigenvalue weighted by molar-refractivity contribution is 6.30. The zero-order valence-corrected chi connectivity index (χ0v) is 20.1. The average Bonchev–Trinajstić information content (AvgIpc) is 3.17. The highest BCUT2D eigenvalue weighted by Crippen LogP contribution is 2.46. The van der Waals surface area contributed by atoms with E-state index >= 15 is 0 Å². The van der Waals surface area contributed by atoms with Crippen LogP contribution in [0, 0.1) is 5.82 Å². The highest BCUT2D eigenvalue weighted by atomic mass is 35.5. The van der Waals surface area contributed by atoms with Gasteiger partial charge in [-0.3, -0.25) is 4.90 Å². The van der Waals surface area contributed by atoms with Gasteiger partial charge in [0.1, 0.15) is 11.9 Å². The van der Waals surface area contributed by atoms with E-state index in [0.29, 0.717) is 23.1 Å². The van der Waals surface area contributed by atoms with Gasteiger partial charge in [0.05, 0.1) is 0 Å². The zero-order valence-electron chi connectivity index (χ0n) is 18.6. The van der Waals surface area contributed by atoms with E-state index in [0.717, 1.165) is 16.7 Å². The SMILES string of the molecule is O=C(NCc1ccc(F)cc1)N1CCN2C(=O)OC(c3ccc(Cl)cc3)(c3ccc(Cl)cc3)C2C1. The Morgan fingerprint density at radius 1 is 0.943 bits per heavy atom. The fourth-order valence-electron chi connectivity index (χ4n) is 4.75. The van der Waals surface area contributed by atoms with E-state index in [4.69, 9.17) is 27.9 Å². The van der Waals surface area contributed by atoms with Gasteiger partial charge < -0.3 is 15.0 Å². The summed E-state index contributed by atoms with van der Waals surface area (Å²) >= 11 is 12.3. The summed E-state index contributed by atoms with van der Waals surface area (Å²) in [6.07, 6.45) is -0.439. The first-order valence-electron chi connectivity index (χ1n) is 11.2. The predicted molar refractivity (Wildman–Crippen MR) is 131 cm³/mol. The van der Waals surface area contributed by atoms with E-state index in [1.807, 2.05) is 24.3 Å². The summed E-state index contributed by atoms with van der Waals surface area (Å²) in [4.78, 5) is 29.4. The Labute approximate surface area is 212 Å². The van der Waals surface area contributed by atoms with Gasteiger partial charge >= 0.3 is 12.1 Å². The maximum atomic E-state index is 13.2. The van der Waals surface area contributed by atoms with Crippen LogP contribution in [0.5, 0.6) is 0 Å². The van der Waals surface area contributed by atoms with Crippen molar-refractivity contribution in [3.63, 3.8) is 0 Å². The van der Waals surface area contributed by atoms with Crippen molar-refractivity contribution < 1.29 is 18.7 Å². The van der Waals surface area contributed by atoms with E-state index in [1.54, 1.807) is 46.2 Å². The molecule has 1 unspecified atom stereocenters. The molecule has 0 radical (unpaired) electrons. The van der Waals surface area contributed by atoms with Crippen molar-refractivity contribution in [2.24, 2.45) is 0 Å². The number of urea groups is 1. The topological polar surface area (TPSA) is 61.9 Å². The van der Waals surface area contributed by atoms with Crippen molar-refractivity contribution in [2.75, 3.05) is 19.6 Å². The Morgan fingerprint density at radius 2 is 1.51 bits per heavy atom. The normalized spacial score (nSPS) is 18.7. The Bertz CT molecular complexity index is 1190. The van der Waals surface area contributed by atoms with Crippen molar-refractivity contribution in [2.45, 2.75) is 18.2 Å². The van der Waals surface area contributed by atoms with Gasteiger partial charge in [0.15, 0.2) is 5.60 Å². The number of fused-ring (bicyclic) bond motifs is 1. The Hall–Kier alpha value is -3.29. The number of carbonyl (C=O) groups is 2. The second-order valence-electron chi connectivity index (χ2n) is 8.56. The summed E-state index contributed by atoms with van der Waals surface area (Å²) in [6, 6.07) is 19.6. The lowest BCUT2D eigenvalue weighted by Gasteiger charge is -2.42. The molecule has 0 aliphatic carbocycles. The molecular weight excluding hydrogens is 492 g/mol. The molecule has 0 saturated carbocycles. The number of halogens is 3. The van der Waals surface area contributed by atoms with Crippen molar-refractivity contribution in [1.29, 1.82) is 0 Å². The van der Waals surface area contributed by atoms with Crippen LogP contribution in [0.25, 0.3) is 0 Å². The fourth-order valence-corrected chi connectivity index (χ4v) is 5.01. The second kappa shape index (κ2) is 9.40. The summed E-state index contributed by atoms with van der Waals surface area (Å²) in [5.41, 5.74) is 1.13. The Kier molecular flexibility index (Phi) is 6.30. The predicted octanol–water partition coefficient (Wildman–Crippen LogP) is 5.42. The van der Waals surface area contributed by atoms with E-state index < -0.39 is 17.7 Å². The summed E-state index contributed by atoms with van der Waals surface area (Å²) in [5.74, 6) is -0.331. The van der Waals surface area contributed by atoms with Crippen LogP contribution in [-0.2, 0) is 16.9 Å². The molecule has 0 aromatic heterocycles. The molecule has 5 rings (SSSR count). The summed E-state index contributed by atoms with van der Waals surface area (Å²) < 4.78 is 19.3. The monoisotopic (exact) mass is 513 g/mol. The molecule has 2 fully saturated rings. The van der Waals surface area contributed by atoms with Crippen LogP contribution in [0.3, 0.4) is 0 Å². The molecule has 9 heteroatoms. The number of nitrogens with zero attached hydrogens (tertiary/aromatic N) is 2. The maximum Gasteiger partial charge on any atom is 0.411 e. The van der Waals surface area contributed by atoms with Gasteiger partial charge in [-0.2, -0.15) is 0 Å². The first-order valence-corrected chi connectivity index (χ1v) is 11.9. The van der Waals surface area contributed by atoms with Crippen LogP contribution in [0.15, 0.2) is 72.8 Å². The van der Waals surface area contributed by atoms with Crippen LogP contribution in [0.1, 0.15) is 16.7 Å². The molecule has 3 aromatic rings. The van der Waals surface area contributed by atoms with Gasteiger partial charge in [0.25, 0.3) is 0 Å². The van der Waals surface area contributed by atoms with Crippen LogP contribution in [0.2, 0.25) is 10.0 Å². The van der Waals surface area contributed by atoms with E-state index in [9.17, 15) is 14.0 Å². The van der Waals surface area contributed by atoms with Gasteiger partial charge in [-0.15, -0.1) is 0 Å². The zero-order chi connectivity index (χ0) is 24.6. The molecule has 2 aliphatic heterocycles. The van der Waals surface area contributed by atoms with Crippen LogP contribution >= 0.6 is 23.2 Å². The molecule has 3 amide bonds. The third-order valence-electron chi connectivity index (χ3n) is 6.52. The summed E-state index contributed by atoms with van der Waals surface area (Å²) in [7, 11) is 0. The number of cyclic esters (lactones) is 1. The lowest BCUT2D eigenvalue weighted by atomic mass is 9.79. The van der Waals surface area contributed by atoms with Gasteiger partial charge in [-0.25, -0.2) is 14.0 Å². The maximum absolute atomic E-state index is 13.2. The Balaban J connectivity index is 1.45. The lowest BCUT2D eigenvalue weighted by molar-refractivity contribution is 0.0511. The molecule has 1 atom stereocenters. The average molecular weight is 514 g/mol. The van der Waals surface area contributed by atoms with Crippen molar-refractivity contribution in [3.8, 4) is 0 Å². The second-order valence-corrected chi connectivity index (χ2v) is 9.43. The minimum absolute atomic E-state index is 0.256. The molecule has 3 aromatic carbocycles. The molecule has 6 nitrogen and oxygen atoms in total. The fraction of sp³-hybridized carbons (Fsp3) is 0.231. The van der Waals surface area contributed by atoms with Gasteiger partial charge in [-0.05, 0) is 42.0 Å². The number of benzene rings is 3. The first kappa shape index (κ1) is 23.5.